The second kappa shape index (κ2) is 9.66. The normalized spacial score (nSPS) is 15.3. The number of ether oxygens (including phenoxy) is 2. The van der Waals surface area contributed by atoms with Gasteiger partial charge in [-0.25, -0.2) is 0 Å². The predicted molar refractivity (Wildman–Crippen MR) is 89.0 cm³/mol. The lowest BCUT2D eigenvalue weighted by Crippen LogP contribution is -2.43. The van der Waals surface area contributed by atoms with E-state index in [1.165, 1.54) is 0 Å². The lowest BCUT2D eigenvalue weighted by atomic mass is 10.0. The maximum absolute atomic E-state index is 12.4. The number of carbonyl (C=O) groups excluding carboxylic acids is 1. The Hall–Kier alpha value is -1.30. The number of piperidine rings is 1. The lowest BCUT2D eigenvalue weighted by Gasteiger charge is -2.31. The molecule has 1 fully saturated rings. The van der Waals surface area contributed by atoms with Crippen molar-refractivity contribution in [1.29, 1.82) is 0 Å². The first kappa shape index (κ1) is 18.7. The molecule has 1 aromatic rings. The SMILES string of the molecule is CNC1CCN(C(=O)c2ccc(OCCOC)cc2)CC1.Cl. The second-order valence-electron chi connectivity index (χ2n) is 5.22. The van der Waals surface area contributed by atoms with Crippen LogP contribution in [-0.2, 0) is 4.74 Å². The topological polar surface area (TPSA) is 50.8 Å². The monoisotopic (exact) mass is 328 g/mol. The molecular formula is C16H25ClN2O3. The molecule has 1 amide bonds. The van der Waals surface area contributed by atoms with Crippen LogP contribution in [0.15, 0.2) is 24.3 Å². The summed E-state index contributed by atoms with van der Waals surface area (Å²) in [7, 11) is 3.62. The van der Waals surface area contributed by atoms with Gasteiger partial charge in [0.2, 0.25) is 0 Å². The lowest BCUT2D eigenvalue weighted by molar-refractivity contribution is 0.0707. The molecule has 1 aromatic carbocycles. The number of amides is 1. The average Bonchev–Trinajstić information content (AvgIpc) is 2.55. The molecule has 0 bridgehead atoms. The van der Waals surface area contributed by atoms with Gasteiger partial charge in [0.15, 0.2) is 0 Å². The molecule has 1 aliphatic heterocycles. The number of halogens is 1. The Morgan fingerprint density at radius 1 is 1.23 bits per heavy atom. The van der Waals surface area contributed by atoms with E-state index in [0.29, 0.717) is 19.3 Å². The van der Waals surface area contributed by atoms with E-state index in [1.807, 2.05) is 36.2 Å². The molecule has 0 saturated carbocycles. The van der Waals surface area contributed by atoms with Crippen LogP contribution >= 0.6 is 12.4 Å². The minimum absolute atomic E-state index is 0. The van der Waals surface area contributed by atoms with E-state index in [-0.39, 0.29) is 18.3 Å². The molecule has 1 saturated heterocycles. The molecule has 22 heavy (non-hydrogen) atoms. The van der Waals surface area contributed by atoms with Crippen molar-refractivity contribution in [2.24, 2.45) is 0 Å². The number of nitrogens with zero attached hydrogens (tertiary/aromatic N) is 1. The Kier molecular flexibility index (Phi) is 8.24. The molecule has 5 nitrogen and oxygen atoms in total. The molecule has 2 rings (SSSR count). The minimum Gasteiger partial charge on any atom is -0.491 e. The summed E-state index contributed by atoms with van der Waals surface area (Å²) in [6, 6.07) is 7.86. The molecule has 6 heteroatoms. The highest BCUT2D eigenvalue weighted by molar-refractivity contribution is 5.94. The number of rotatable bonds is 6. The summed E-state index contributed by atoms with van der Waals surface area (Å²) in [5.41, 5.74) is 0.719. The molecule has 1 aliphatic rings. The Morgan fingerprint density at radius 3 is 2.41 bits per heavy atom. The summed E-state index contributed by atoms with van der Waals surface area (Å²) in [5.74, 6) is 0.866. The van der Waals surface area contributed by atoms with E-state index in [2.05, 4.69) is 5.32 Å². The van der Waals surface area contributed by atoms with Crippen LogP contribution in [0.2, 0.25) is 0 Å². The fourth-order valence-corrected chi connectivity index (χ4v) is 2.49. The van der Waals surface area contributed by atoms with Gasteiger partial charge in [0.05, 0.1) is 6.61 Å². The van der Waals surface area contributed by atoms with Crippen LogP contribution in [0.5, 0.6) is 5.75 Å². The second-order valence-corrected chi connectivity index (χ2v) is 5.22. The molecule has 124 valence electrons. The zero-order chi connectivity index (χ0) is 15.1. The number of benzene rings is 1. The molecule has 0 spiro atoms. The number of hydrogen-bond acceptors (Lipinski definition) is 4. The van der Waals surface area contributed by atoms with Gasteiger partial charge in [-0.1, -0.05) is 0 Å². The molecular weight excluding hydrogens is 304 g/mol. The van der Waals surface area contributed by atoms with Crippen molar-refractivity contribution in [2.75, 3.05) is 40.5 Å². The number of likely N-dealkylation sites (tertiary alicyclic amines) is 1. The maximum atomic E-state index is 12.4. The van der Waals surface area contributed by atoms with Gasteiger partial charge in [-0.05, 0) is 44.2 Å². The zero-order valence-electron chi connectivity index (χ0n) is 13.2. The highest BCUT2D eigenvalue weighted by atomic mass is 35.5. The van der Waals surface area contributed by atoms with Crippen LogP contribution in [0.25, 0.3) is 0 Å². The minimum atomic E-state index is 0. The number of nitrogens with one attached hydrogen (secondary N) is 1. The van der Waals surface area contributed by atoms with Crippen LogP contribution in [0.1, 0.15) is 23.2 Å². The molecule has 0 unspecified atom stereocenters. The van der Waals surface area contributed by atoms with Crippen molar-refractivity contribution < 1.29 is 14.3 Å². The third-order valence-electron chi connectivity index (χ3n) is 3.85. The van der Waals surface area contributed by atoms with Gasteiger partial charge in [-0.3, -0.25) is 4.79 Å². The van der Waals surface area contributed by atoms with Crippen LogP contribution < -0.4 is 10.1 Å². The Morgan fingerprint density at radius 2 is 1.86 bits per heavy atom. The highest BCUT2D eigenvalue weighted by Gasteiger charge is 2.22. The predicted octanol–water partition coefficient (Wildman–Crippen LogP) is 1.96. The molecule has 1 N–H and O–H groups in total. The van der Waals surface area contributed by atoms with E-state index in [0.717, 1.165) is 37.2 Å². The first-order chi connectivity index (χ1) is 10.2. The Balaban J connectivity index is 0.00000242. The van der Waals surface area contributed by atoms with Crippen molar-refractivity contribution in [2.45, 2.75) is 18.9 Å². The van der Waals surface area contributed by atoms with Crippen LogP contribution in [0, 0.1) is 0 Å². The van der Waals surface area contributed by atoms with E-state index in [9.17, 15) is 4.79 Å². The largest absolute Gasteiger partial charge is 0.491 e. The van der Waals surface area contributed by atoms with Crippen LogP contribution in [0.3, 0.4) is 0 Å². The summed E-state index contributed by atoms with van der Waals surface area (Å²) >= 11 is 0. The van der Waals surface area contributed by atoms with Crippen LogP contribution in [-0.4, -0.2) is 57.3 Å². The number of methoxy groups -OCH3 is 1. The quantitative estimate of drug-likeness (QED) is 0.811. The van der Waals surface area contributed by atoms with Gasteiger partial charge >= 0.3 is 0 Å². The van der Waals surface area contributed by atoms with Crippen LogP contribution in [0.4, 0.5) is 0 Å². The number of hydrogen-bond donors (Lipinski definition) is 1. The van der Waals surface area contributed by atoms with Gasteiger partial charge in [0.1, 0.15) is 12.4 Å². The van der Waals surface area contributed by atoms with Crippen molar-refractivity contribution in [3.8, 4) is 5.75 Å². The van der Waals surface area contributed by atoms with Gasteiger partial charge in [-0.2, -0.15) is 0 Å². The van der Waals surface area contributed by atoms with Gasteiger partial charge in [0.25, 0.3) is 5.91 Å². The van der Waals surface area contributed by atoms with Gasteiger partial charge in [0, 0.05) is 31.8 Å². The third-order valence-corrected chi connectivity index (χ3v) is 3.85. The smallest absolute Gasteiger partial charge is 0.253 e. The van der Waals surface area contributed by atoms with E-state index in [1.54, 1.807) is 7.11 Å². The Labute approximate surface area is 138 Å². The first-order valence-electron chi connectivity index (χ1n) is 7.43. The standard InChI is InChI=1S/C16H24N2O3.ClH/c1-17-14-7-9-18(10-8-14)16(19)13-3-5-15(6-4-13)21-12-11-20-2;/h3-6,14,17H,7-12H2,1-2H3;1H. The summed E-state index contributed by atoms with van der Waals surface area (Å²) in [4.78, 5) is 14.3. The van der Waals surface area contributed by atoms with Crippen molar-refractivity contribution in [1.82, 2.24) is 10.2 Å². The molecule has 1 heterocycles. The van der Waals surface area contributed by atoms with Crippen molar-refractivity contribution in [3.63, 3.8) is 0 Å². The van der Waals surface area contributed by atoms with Crippen molar-refractivity contribution in [3.05, 3.63) is 29.8 Å². The summed E-state index contributed by atoms with van der Waals surface area (Å²) < 4.78 is 10.4. The Bertz CT molecular complexity index is 445. The molecule has 0 atom stereocenters. The number of carbonyl (C=O) groups is 1. The zero-order valence-corrected chi connectivity index (χ0v) is 14.0. The van der Waals surface area contributed by atoms with Gasteiger partial charge in [-0.15, -0.1) is 12.4 Å². The summed E-state index contributed by atoms with van der Waals surface area (Å²) in [6.07, 6.45) is 2.03. The van der Waals surface area contributed by atoms with Crippen molar-refractivity contribution >= 4 is 18.3 Å². The first-order valence-corrected chi connectivity index (χ1v) is 7.43. The molecule has 0 aromatic heterocycles. The maximum Gasteiger partial charge on any atom is 0.253 e. The van der Waals surface area contributed by atoms with Gasteiger partial charge < -0.3 is 19.7 Å². The summed E-state index contributed by atoms with van der Waals surface area (Å²) in [6.45, 7) is 2.70. The highest BCUT2D eigenvalue weighted by Crippen LogP contribution is 2.17. The summed E-state index contributed by atoms with van der Waals surface area (Å²) in [5, 5.41) is 3.27. The van der Waals surface area contributed by atoms with E-state index >= 15 is 0 Å². The fourth-order valence-electron chi connectivity index (χ4n) is 2.49. The average molecular weight is 329 g/mol. The third kappa shape index (κ3) is 5.16. The van der Waals surface area contributed by atoms with E-state index < -0.39 is 0 Å². The van der Waals surface area contributed by atoms with E-state index in [4.69, 9.17) is 9.47 Å². The molecule has 0 aliphatic carbocycles. The fraction of sp³-hybridized carbons (Fsp3) is 0.562. The molecule has 0 radical (unpaired) electrons.